The van der Waals surface area contributed by atoms with E-state index >= 15 is 0 Å². The fourth-order valence-electron chi connectivity index (χ4n) is 1.87. The Morgan fingerprint density at radius 2 is 1.18 bits per heavy atom. The molecule has 0 aliphatic heterocycles. The van der Waals surface area contributed by atoms with Crippen molar-refractivity contribution < 1.29 is 4.79 Å². The predicted octanol–water partition coefficient (Wildman–Crippen LogP) is 5.24. The van der Waals surface area contributed by atoms with Crippen LogP contribution >= 0.6 is 0 Å². The van der Waals surface area contributed by atoms with Gasteiger partial charge in [-0.05, 0) is 42.0 Å². The Hall–Kier alpha value is -4.39. The predicted molar refractivity (Wildman–Crippen MR) is 112 cm³/mol. The molecule has 0 amide bonds. The Bertz CT molecular complexity index is 965. The summed E-state index contributed by atoms with van der Waals surface area (Å²) in [6, 6.07) is 27.3. The molecule has 0 atom stereocenters. The maximum atomic E-state index is 10.0. The maximum absolute atomic E-state index is 10.0. The molecule has 0 bridgehead atoms. The lowest BCUT2D eigenvalue weighted by atomic mass is 10.1. The molecule has 0 N–H and O–H groups in total. The fourth-order valence-corrected chi connectivity index (χ4v) is 1.87. The van der Waals surface area contributed by atoms with Crippen LogP contribution in [0.15, 0.2) is 85.4 Å². The molecule has 3 aromatic rings. The third-order valence-electron chi connectivity index (χ3n) is 3.39. The van der Waals surface area contributed by atoms with E-state index in [-0.39, 0.29) is 0 Å². The second-order valence-electron chi connectivity index (χ2n) is 5.30. The Kier molecular flexibility index (Phi) is 9.98. The van der Waals surface area contributed by atoms with Gasteiger partial charge in [0.2, 0.25) is 0 Å². The summed E-state index contributed by atoms with van der Waals surface area (Å²) < 4.78 is 0. The normalized spacial score (nSPS) is 8.18. The number of hydrogen-bond acceptors (Lipinski definition) is 3. The molecule has 3 heteroatoms. The first-order chi connectivity index (χ1) is 13.7. The molecule has 0 radical (unpaired) electrons. The number of hydrogen-bond donors (Lipinski definition) is 0. The second-order valence-corrected chi connectivity index (χ2v) is 5.30. The standard InChI is InChI=1S/C9H7N.C9H5N.C7H6O/c2*1-2-8-3-5-9(7-10)6-4-8;8-6-7-4-2-1-3-5-7/h2-6H,1H2;1,3-6H;1-6H. The molecule has 0 heterocycles. The molecule has 3 rings (SSSR count). The van der Waals surface area contributed by atoms with Crippen molar-refractivity contribution in [2.24, 2.45) is 0 Å². The van der Waals surface area contributed by atoms with Crippen LogP contribution in [-0.4, -0.2) is 6.29 Å². The number of benzene rings is 3. The summed E-state index contributed by atoms with van der Waals surface area (Å²) in [5.74, 6) is 2.47. The molecule has 3 nitrogen and oxygen atoms in total. The third kappa shape index (κ3) is 8.13. The van der Waals surface area contributed by atoms with Gasteiger partial charge in [0.15, 0.2) is 0 Å². The number of nitrogens with zero attached hydrogens (tertiary/aromatic N) is 2. The molecule has 0 aliphatic rings. The highest BCUT2D eigenvalue weighted by molar-refractivity contribution is 5.74. The van der Waals surface area contributed by atoms with Gasteiger partial charge >= 0.3 is 0 Å². The van der Waals surface area contributed by atoms with Crippen LogP contribution < -0.4 is 0 Å². The number of aldehydes is 1. The van der Waals surface area contributed by atoms with Crippen molar-refractivity contribution in [2.45, 2.75) is 0 Å². The lowest BCUT2D eigenvalue weighted by molar-refractivity contribution is 0.112. The van der Waals surface area contributed by atoms with Gasteiger partial charge in [0.25, 0.3) is 0 Å². The van der Waals surface area contributed by atoms with E-state index in [1.54, 1.807) is 54.6 Å². The SMILES string of the molecule is C#Cc1ccc(C#N)cc1.C=Cc1ccc(C#N)cc1.O=Cc1ccccc1. The first kappa shape index (κ1) is 21.7. The molecule has 0 spiro atoms. The summed E-state index contributed by atoms with van der Waals surface area (Å²) in [7, 11) is 0. The van der Waals surface area contributed by atoms with Crippen molar-refractivity contribution in [3.05, 3.63) is 113 Å². The Balaban J connectivity index is 0.000000212. The summed E-state index contributed by atoms with van der Waals surface area (Å²) in [6.07, 6.45) is 7.69. The molecular formula is C25H18N2O. The average molecular weight is 362 g/mol. The zero-order valence-electron chi connectivity index (χ0n) is 15.2. The van der Waals surface area contributed by atoms with Crippen LogP contribution in [0.3, 0.4) is 0 Å². The zero-order chi connectivity index (χ0) is 20.6. The van der Waals surface area contributed by atoms with Gasteiger partial charge in [0.1, 0.15) is 6.29 Å². The van der Waals surface area contributed by atoms with Crippen LogP contribution in [0.5, 0.6) is 0 Å². The summed E-state index contributed by atoms with van der Waals surface area (Å²) in [5, 5.41) is 16.8. The average Bonchev–Trinajstić information content (AvgIpc) is 2.80. The second kappa shape index (κ2) is 12.9. The molecule has 0 fully saturated rings. The highest BCUT2D eigenvalue weighted by atomic mass is 16.1. The van der Waals surface area contributed by atoms with Crippen molar-refractivity contribution >= 4 is 12.4 Å². The van der Waals surface area contributed by atoms with Crippen molar-refractivity contribution in [3.63, 3.8) is 0 Å². The molecule has 0 saturated heterocycles. The van der Waals surface area contributed by atoms with E-state index in [1.807, 2.05) is 42.5 Å². The number of nitriles is 2. The van der Waals surface area contributed by atoms with Gasteiger partial charge in [-0.25, -0.2) is 0 Å². The van der Waals surface area contributed by atoms with E-state index in [4.69, 9.17) is 16.9 Å². The van der Waals surface area contributed by atoms with Crippen LogP contribution in [0.2, 0.25) is 0 Å². The summed E-state index contributed by atoms with van der Waals surface area (Å²) in [5.41, 5.74) is 3.90. The molecule has 28 heavy (non-hydrogen) atoms. The highest BCUT2D eigenvalue weighted by Crippen LogP contribution is 2.03. The summed E-state index contributed by atoms with van der Waals surface area (Å²) in [4.78, 5) is 10.0. The first-order valence-corrected chi connectivity index (χ1v) is 8.26. The van der Waals surface area contributed by atoms with Crippen LogP contribution in [0.1, 0.15) is 32.6 Å². The van der Waals surface area contributed by atoms with E-state index in [0.29, 0.717) is 11.1 Å². The number of carbonyl (C=O) groups is 1. The molecular weight excluding hydrogens is 344 g/mol. The van der Waals surface area contributed by atoms with E-state index in [2.05, 4.69) is 12.5 Å². The quantitative estimate of drug-likeness (QED) is 0.462. The summed E-state index contributed by atoms with van der Waals surface area (Å²) in [6.45, 7) is 3.60. The van der Waals surface area contributed by atoms with Crippen molar-refractivity contribution in [1.82, 2.24) is 0 Å². The molecule has 0 aliphatic carbocycles. The lowest BCUT2D eigenvalue weighted by Crippen LogP contribution is -1.74. The van der Waals surface area contributed by atoms with Gasteiger partial charge < -0.3 is 0 Å². The van der Waals surface area contributed by atoms with E-state index in [1.165, 1.54) is 0 Å². The van der Waals surface area contributed by atoms with Crippen molar-refractivity contribution in [3.8, 4) is 24.5 Å². The Morgan fingerprint density at radius 3 is 1.54 bits per heavy atom. The van der Waals surface area contributed by atoms with Crippen molar-refractivity contribution in [1.29, 1.82) is 10.5 Å². The van der Waals surface area contributed by atoms with Gasteiger partial charge in [-0.15, -0.1) is 6.42 Å². The molecule has 0 unspecified atom stereocenters. The van der Waals surface area contributed by atoms with Gasteiger partial charge in [-0.3, -0.25) is 4.79 Å². The van der Waals surface area contributed by atoms with E-state index < -0.39 is 0 Å². The largest absolute Gasteiger partial charge is 0.298 e. The fraction of sp³-hybridized carbons (Fsp3) is 0. The van der Waals surface area contributed by atoms with E-state index in [0.717, 1.165) is 23.0 Å². The molecule has 0 saturated carbocycles. The number of rotatable bonds is 2. The third-order valence-corrected chi connectivity index (χ3v) is 3.39. The van der Waals surface area contributed by atoms with E-state index in [9.17, 15) is 4.79 Å². The van der Waals surface area contributed by atoms with Gasteiger partial charge in [-0.1, -0.05) is 61.0 Å². The monoisotopic (exact) mass is 362 g/mol. The first-order valence-electron chi connectivity index (χ1n) is 8.26. The maximum Gasteiger partial charge on any atom is 0.150 e. The topological polar surface area (TPSA) is 64.7 Å². The van der Waals surface area contributed by atoms with Crippen LogP contribution in [-0.2, 0) is 0 Å². The van der Waals surface area contributed by atoms with Gasteiger partial charge in [-0.2, -0.15) is 10.5 Å². The highest BCUT2D eigenvalue weighted by Gasteiger charge is 1.87. The minimum Gasteiger partial charge on any atom is -0.298 e. The molecule has 3 aromatic carbocycles. The van der Waals surface area contributed by atoms with Crippen LogP contribution in [0.4, 0.5) is 0 Å². The number of terminal acetylenes is 1. The molecule has 0 aromatic heterocycles. The number of carbonyl (C=O) groups excluding carboxylic acids is 1. The van der Waals surface area contributed by atoms with Gasteiger partial charge in [0, 0.05) is 11.1 Å². The Labute approximate surface area is 165 Å². The zero-order valence-corrected chi connectivity index (χ0v) is 15.2. The van der Waals surface area contributed by atoms with Crippen LogP contribution in [0, 0.1) is 35.0 Å². The minimum atomic E-state index is 0.638. The van der Waals surface area contributed by atoms with Gasteiger partial charge in [0.05, 0.1) is 23.3 Å². The van der Waals surface area contributed by atoms with Crippen LogP contribution in [0.25, 0.3) is 6.08 Å². The Morgan fingerprint density at radius 1 is 0.714 bits per heavy atom. The summed E-state index contributed by atoms with van der Waals surface area (Å²) >= 11 is 0. The smallest absolute Gasteiger partial charge is 0.150 e. The minimum absolute atomic E-state index is 0.638. The lowest BCUT2D eigenvalue weighted by Gasteiger charge is -1.89. The van der Waals surface area contributed by atoms with Crippen molar-refractivity contribution in [2.75, 3.05) is 0 Å². The molecule has 134 valence electrons.